The van der Waals surface area contributed by atoms with Gasteiger partial charge in [0.15, 0.2) is 0 Å². The quantitative estimate of drug-likeness (QED) is 0.853. The van der Waals surface area contributed by atoms with Crippen LogP contribution in [0.3, 0.4) is 0 Å². The lowest BCUT2D eigenvalue weighted by Gasteiger charge is -2.20. The molecule has 0 saturated carbocycles. The number of amides is 1. The highest BCUT2D eigenvalue weighted by Gasteiger charge is 2.22. The second kappa shape index (κ2) is 7.55. The molecular formula is C19H21NO2S. The first-order chi connectivity index (χ1) is 11.3. The zero-order valence-corrected chi connectivity index (χ0v) is 14.1. The first kappa shape index (κ1) is 15.9. The van der Waals surface area contributed by atoms with Crippen LogP contribution in [0.2, 0.25) is 0 Å². The number of carbonyl (C=O) groups is 1. The Morgan fingerprint density at radius 2 is 1.96 bits per heavy atom. The van der Waals surface area contributed by atoms with E-state index < -0.39 is 0 Å². The molecule has 3 rings (SSSR count). The fourth-order valence-electron chi connectivity index (χ4n) is 2.85. The van der Waals surface area contributed by atoms with Crippen LogP contribution in [0, 0.1) is 0 Å². The summed E-state index contributed by atoms with van der Waals surface area (Å²) in [6.07, 6.45) is 0.990. The number of rotatable bonds is 3. The lowest BCUT2D eigenvalue weighted by molar-refractivity contribution is 0.0766. The number of hydrogen-bond acceptors (Lipinski definition) is 3. The van der Waals surface area contributed by atoms with Gasteiger partial charge in [0.2, 0.25) is 0 Å². The number of methoxy groups -OCH3 is 1. The Morgan fingerprint density at radius 1 is 1.13 bits per heavy atom. The normalized spacial score (nSPS) is 18.3. The van der Waals surface area contributed by atoms with Gasteiger partial charge < -0.3 is 9.64 Å². The van der Waals surface area contributed by atoms with Crippen LogP contribution in [0.15, 0.2) is 54.6 Å². The molecule has 1 amide bonds. The van der Waals surface area contributed by atoms with Gasteiger partial charge in [-0.2, -0.15) is 11.8 Å². The van der Waals surface area contributed by atoms with E-state index in [4.69, 9.17) is 4.74 Å². The lowest BCUT2D eigenvalue weighted by Crippen LogP contribution is -2.32. The van der Waals surface area contributed by atoms with Crippen molar-refractivity contribution in [1.82, 2.24) is 4.90 Å². The van der Waals surface area contributed by atoms with E-state index in [-0.39, 0.29) is 5.91 Å². The van der Waals surface area contributed by atoms with Gasteiger partial charge in [-0.15, -0.1) is 0 Å². The SMILES string of the molecule is COc1cccc(C(=O)N2CCS[C@H](c3ccccc3)CC2)c1. The molecule has 3 nitrogen and oxygen atoms in total. The summed E-state index contributed by atoms with van der Waals surface area (Å²) in [6, 6.07) is 18.0. The maximum atomic E-state index is 12.7. The number of nitrogens with zero attached hydrogens (tertiary/aromatic N) is 1. The van der Waals surface area contributed by atoms with Gasteiger partial charge in [0, 0.05) is 29.7 Å². The Kier molecular flexibility index (Phi) is 5.23. The Morgan fingerprint density at radius 3 is 2.74 bits per heavy atom. The first-order valence-electron chi connectivity index (χ1n) is 7.88. The third-order valence-electron chi connectivity index (χ3n) is 4.12. The molecule has 23 heavy (non-hydrogen) atoms. The number of benzene rings is 2. The molecule has 0 aliphatic carbocycles. The molecule has 1 saturated heterocycles. The van der Waals surface area contributed by atoms with Gasteiger partial charge in [0.1, 0.15) is 5.75 Å². The third kappa shape index (κ3) is 3.88. The van der Waals surface area contributed by atoms with Crippen molar-refractivity contribution in [1.29, 1.82) is 0 Å². The molecule has 0 spiro atoms. The molecular weight excluding hydrogens is 306 g/mol. The van der Waals surface area contributed by atoms with E-state index in [0.29, 0.717) is 10.8 Å². The fourth-order valence-corrected chi connectivity index (χ4v) is 4.08. The van der Waals surface area contributed by atoms with Crippen molar-refractivity contribution in [3.05, 3.63) is 65.7 Å². The van der Waals surface area contributed by atoms with E-state index in [1.165, 1.54) is 5.56 Å². The molecule has 0 N–H and O–H groups in total. The largest absolute Gasteiger partial charge is 0.497 e. The van der Waals surface area contributed by atoms with Crippen molar-refractivity contribution in [2.24, 2.45) is 0 Å². The summed E-state index contributed by atoms with van der Waals surface area (Å²) in [6.45, 7) is 1.59. The van der Waals surface area contributed by atoms with Gasteiger partial charge >= 0.3 is 0 Å². The molecule has 0 bridgehead atoms. The summed E-state index contributed by atoms with van der Waals surface area (Å²) < 4.78 is 5.22. The van der Waals surface area contributed by atoms with Crippen LogP contribution in [-0.4, -0.2) is 36.8 Å². The molecule has 0 unspecified atom stereocenters. The van der Waals surface area contributed by atoms with E-state index in [1.807, 2.05) is 47.0 Å². The molecule has 2 aromatic carbocycles. The monoisotopic (exact) mass is 327 g/mol. The van der Waals surface area contributed by atoms with Crippen molar-refractivity contribution in [2.75, 3.05) is 26.0 Å². The van der Waals surface area contributed by atoms with E-state index in [0.717, 1.165) is 31.0 Å². The van der Waals surface area contributed by atoms with Crippen LogP contribution in [0.4, 0.5) is 0 Å². The Balaban J connectivity index is 1.69. The fraction of sp³-hybridized carbons (Fsp3) is 0.316. The molecule has 0 aromatic heterocycles. The summed E-state index contributed by atoms with van der Waals surface area (Å²) in [7, 11) is 1.62. The minimum atomic E-state index is 0.0956. The molecule has 0 radical (unpaired) electrons. The van der Waals surface area contributed by atoms with Gasteiger partial charge in [0.05, 0.1) is 7.11 Å². The Labute approximate surface area is 141 Å². The average molecular weight is 327 g/mol. The molecule has 1 atom stereocenters. The van der Waals surface area contributed by atoms with Crippen LogP contribution in [-0.2, 0) is 0 Å². The zero-order chi connectivity index (χ0) is 16.1. The molecule has 1 fully saturated rings. The number of hydrogen-bond donors (Lipinski definition) is 0. The second-order valence-corrected chi connectivity index (χ2v) is 6.89. The van der Waals surface area contributed by atoms with Crippen molar-refractivity contribution < 1.29 is 9.53 Å². The topological polar surface area (TPSA) is 29.5 Å². The van der Waals surface area contributed by atoms with Crippen molar-refractivity contribution >= 4 is 17.7 Å². The van der Waals surface area contributed by atoms with Crippen LogP contribution >= 0.6 is 11.8 Å². The summed E-state index contributed by atoms with van der Waals surface area (Å²) in [5.74, 6) is 1.79. The summed E-state index contributed by atoms with van der Waals surface area (Å²) in [4.78, 5) is 14.7. The first-order valence-corrected chi connectivity index (χ1v) is 8.92. The summed E-state index contributed by atoms with van der Waals surface area (Å²) >= 11 is 1.94. The standard InChI is InChI=1S/C19H21NO2S/c1-22-17-9-5-8-16(14-17)19(21)20-11-10-18(23-13-12-20)15-6-3-2-4-7-15/h2-9,14,18H,10-13H2,1H3/t18-/m0/s1. The van der Waals surface area contributed by atoms with E-state index in [2.05, 4.69) is 24.3 Å². The highest BCUT2D eigenvalue weighted by molar-refractivity contribution is 7.99. The van der Waals surface area contributed by atoms with E-state index >= 15 is 0 Å². The van der Waals surface area contributed by atoms with Crippen molar-refractivity contribution in [2.45, 2.75) is 11.7 Å². The molecule has 1 heterocycles. The van der Waals surface area contributed by atoms with Crippen LogP contribution in [0.1, 0.15) is 27.6 Å². The smallest absolute Gasteiger partial charge is 0.254 e. The number of thioether (sulfide) groups is 1. The van der Waals surface area contributed by atoms with Gasteiger partial charge in [-0.05, 0) is 30.2 Å². The highest BCUT2D eigenvalue weighted by atomic mass is 32.2. The van der Waals surface area contributed by atoms with E-state index in [9.17, 15) is 4.79 Å². The average Bonchev–Trinajstić information content (AvgIpc) is 2.88. The van der Waals surface area contributed by atoms with Crippen LogP contribution in [0.25, 0.3) is 0 Å². The molecule has 4 heteroatoms. The van der Waals surface area contributed by atoms with Crippen molar-refractivity contribution in [3.8, 4) is 5.75 Å². The molecule has 1 aliphatic rings. The zero-order valence-electron chi connectivity index (χ0n) is 13.3. The minimum absolute atomic E-state index is 0.0956. The summed E-state index contributed by atoms with van der Waals surface area (Å²) in [5.41, 5.74) is 2.06. The van der Waals surface area contributed by atoms with Gasteiger partial charge in [0.25, 0.3) is 5.91 Å². The lowest BCUT2D eigenvalue weighted by atomic mass is 10.1. The second-order valence-electron chi connectivity index (χ2n) is 5.58. The highest BCUT2D eigenvalue weighted by Crippen LogP contribution is 2.34. The molecule has 120 valence electrons. The molecule has 1 aliphatic heterocycles. The maximum absolute atomic E-state index is 12.7. The molecule has 2 aromatic rings. The Hall–Kier alpha value is -1.94. The predicted molar refractivity (Wildman–Crippen MR) is 95.2 cm³/mol. The maximum Gasteiger partial charge on any atom is 0.254 e. The van der Waals surface area contributed by atoms with Gasteiger partial charge in [-0.25, -0.2) is 0 Å². The number of ether oxygens (including phenoxy) is 1. The van der Waals surface area contributed by atoms with E-state index in [1.54, 1.807) is 7.11 Å². The number of carbonyl (C=O) groups excluding carboxylic acids is 1. The van der Waals surface area contributed by atoms with Crippen molar-refractivity contribution in [3.63, 3.8) is 0 Å². The van der Waals surface area contributed by atoms with Crippen LogP contribution < -0.4 is 4.74 Å². The van der Waals surface area contributed by atoms with Gasteiger partial charge in [-0.1, -0.05) is 36.4 Å². The minimum Gasteiger partial charge on any atom is -0.497 e. The predicted octanol–water partition coefficient (Wildman–Crippen LogP) is 4.02. The summed E-state index contributed by atoms with van der Waals surface area (Å²) in [5, 5.41) is 0.472. The third-order valence-corrected chi connectivity index (χ3v) is 5.45. The Bertz CT molecular complexity index is 659. The van der Waals surface area contributed by atoms with Crippen LogP contribution in [0.5, 0.6) is 5.75 Å². The van der Waals surface area contributed by atoms with Gasteiger partial charge in [-0.3, -0.25) is 4.79 Å².